The summed E-state index contributed by atoms with van der Waals surface area (Å²) in [4.78, 5) is 15.6. The average molecular weight is 317 g/mol. The topological polar surface area (TPSA) is 53.9 Å². The molecule has 0 amide bonds. The first-order valence-corrected chi connectivity index (χ1v) is 8.17. The normalized spacial score (nSPS) is 12.9. The number of nitrogens with zero attached hydrogens (tertiary/aromatic N) is 4. The molecule has 3 heterocycles. The molecule has 4 rings (SSSR count). The zero-order valence-electron chi connectivity index (χ0n) is 13.4. The lowest BCUT2D eigenvalue weighted by Gasteiger charge is -2.17. The summed E-state index contributed by atoms with van der Waals surface area (Å²) < 4.78 is 0. The van der Waals surface area contributed by atoms with E-state index < -0.39 is 0 Å². The van der Waals surface area contributed by atoms with Crippen molar-refractivity contribution in [1.82, 2.24) is 15.0 Å². The van der Waals surface area contributed by atoms with E-state index in [1.165, 1.54) is 11.1 Å². The van der Waals surface area contributed by atoms with Crippen molar-refractivity contribution in [3.63, 3.8) is 0 Å². The fourth-order valence-corrected chi connectivity index (χ4v) is 2.95. The van der Waals surface area contributed by atoms with E-state index in [0.29, 0.717) is 5.95 Å². The first-order chi connectivity index (χ1) is 11.9. The van der Waals surface area contributed by atoms with Crippen LogP contribution in [0.15, 0.2) is 60.9 Å². The van der Waals surface area contributed by atoms with Crippen LogP contribution in [-0.4, -0.2) is 21.5 Å². The van der Waals surface area contributed by atoms with Crippen LogP contribution in [-0.2, 0) is 19.5 Å². The number of benzene rings is 1. The number of rotatable bonds is 5. The van der Waals surface area contributed by atoms with Gasteiger partial charge in [0.05, 0.1) is 0 Å². The zero-order chi connectivity index (χ0) is 16.2. The number of pyridine rings is 1. The minimum Gasteiger partial charge on any atom is -0.354 e. The minimum absolute atomic E-state index is 0.666. The molecule has 0 saturated carbocycles. The van der Waals surface area contributed by atoms with Gasteiger partial charge < -0.3 is 10.2 Å². The molecule has 0 spiro atoms. The molecule has 2 aromatic heterocycles. The lowest BCUT2D eigenvalue weighted by molar-refractivity contribution is 0.848. The van der Waals surface area contributed by atoms with E-state index in [0.717, 1.165) is 37.6 Å². The molecule has 0 unspecified atom stereocenters. The van der Waals surface area contributed by atoms with Crippen molar-refractivity contribution in [2.75, 3.05) is 16.8 Å². The molecule has 1 N–H and O–H groups in total. The average Bonchev–Trinajstić information content (AvgIpc) is 3.07. The second kappa shape index (κ2) is 6.66. The fourth-order valence-electron chi connectivity index (χ4n) is 2.95. The summed E-state index contributed by atoms with van der Waals surface area (Å²) in [5, 5.41) is 3.29. The zero-order valence-corrected chi connectivity index (χ0v) is 13.4. The van der Waals surface area contributed by atoms with Gasteiger partial charge in [-0.15, -0.1) is 0 Å². The minimum atomic E-state index is 0.666. The number of hydrogen-bond donors (Lipinski definition) is 1. The van der Waals surface area contributed by atoms with Crippen LogP contribution in [0.1, 0.15) is 16.8 Å². The number of hydrogen-bond acceptors (Lipinski definition) is 5. The van der Waals surface area contributed by atoms with Crippen LogP contribution >= 0.6 is 0 Å². The highest BCUT2D eigenvalue weighted by Gasteiger charge is 2.19. The molecule has 24 heavy (non-hydrogen) atoms. The monoisotopic (exact) mass is 317 g/mol. The van der Waals surface area contributed by atoms with Gasteiger partial charge >= 0.3 is 0 Å². The van der Waals surface area contributed by atoms with E-state index in [4.69, 9.17) is 0 Å². The Morgan fingerprint density at radius 2 is 1.67 bits per heavy atom. The van der Waals surface area contributed by atoms with Gasteiger partial charge in [0.1, 0.15) is 5.82 Å². The molecule has 0 radical (unpaired) electrons. The first kappa shape index (κ1) is 14.6. The van der Waals surface area contributed by atoms with Gasteiger partial charge in [-0.05, 0) is 29.3 Å². The van der Waals surface area contributed by atoms with Crippen molar-refractivity contribution >= 4 is 11.8 Å². The van der Waals surface area contributed by atoms with Gasteiger partial charge in [-0.3, -0.25) is 4.98 Å². The van der Waals surface area contributed by atoms with Crippen molar-refractivity contribution in [1.29, 1.82) is 0 Å². The van der Waals surface area contributed by atoms with E-state index in [9.17, 15) is 0 Å². The van der Waals surface area contributed by atoms with Gasteiger partial charge in [0.25, 0.3) is 0 Å². The van der Waals surface area contributed by atoms with Crippen molar-refractivity contribution in [2.45, 2.75) is 19.5 Å². The largest absolute Gasteiger partial charge is 0.354 e. The van der Waals surface area contributed by atoms with E-state index in [1.807, 2.05) is 36.7 Å². The predicted molar refractivity (Wildman–Crippen MR) is 94.8 cm³/mol. The SMILES string of the molecule is c1ccc(CCNc2nccc(N3Cc4ccccc4C3)n2)nc1. The summed E-state index contributed by atoms with van der Waals surface area (Å²) >= 11 is 0. The van der Waals surface area contributed by atoms with E-state index in [1.54, 1.807) is 0 Å². The number of aromatic nitrogens is 3. The summed E-state index contributed by atoms with van der Waals surface area (Å²) in [6, 6.07) is 16.5. The molecule has 0 fully saturated rings. The number of fused-ring (bicyclic) bond motifs is 1. The Morgan fingerprint density at radius 1 is 0.875 bits per heavy atom. The molecule has 1 aliphatic rings. The molecule has 120 valence electrons. The quantitative estimate of drug-likeness (QED) is 0.784. The standard InChI is InChI=1S/C19H19N5/c1-2-6-16-14-24(13-15(16)5-1)18-9-12-22-19(23-18)21-11-8-17-7-3-4-10-20-17/h1-7,9-10,12H,8,11,13-14H2,(H,21,22,23). The second-order valence-electron chi connectivity index (χ2n) is 5.86. The summed E-state index contributed by atoms with van der Waals surface area (Å²) in [5.41, 5.74) is 3.82. The fraction of sp³-hybridized carbons (Fsp3) is 0.211. The van der Waals surface area contributed by atoms with Crippen LogP contribution in [0.2, 0.25) is 0 Å². The Kier molecular flexibility index (Phi) is 4.06. The molecule has 0 bridgehead atoms. The highest BCUT2D eigenvalue weighted by atomic mass is 15.2. The first-order valence-electron chi connectivity index (χ1n) is 8.17. The van der Waals surface area contributed by atoms with E-state index >= 15 is 0 Å². The molecule has 1 aliphatic heterocycles. The summed E-state index contributed by atoms with van der Waals surface area (Å²) in [6.07, 6.45) is 4.48. The van der Waals surface area contributed by atoms with Crippen LogP contribution in [0.4, 0.5) is 11.8 Å². The Balaban J connectivity index is 1.39. The Morgan fingerprint density at radius 3 is 2.42 bits per heavy atom. The maximum Gasteiger partial charge on any atom is 0.224 e. The van der Waals surface area contributed by atoms with Crippen LogP contribution < -0.4 is 10.2 Å². The van der Waals surface area contributed by atoms with Crippen molar-refractivity contribution < 1.29 is 0 Å². The maximum atomic E-state index is 4.65. The van der Waals surface area contributed by atoms with Crippen molar-refractivity contribution in [3.05, 3.63) is 77.7 Å². The van der Waals surface area contributed by atoms with Gasteiger partial charge in [-0.2, -0.15) is 4.98 Å². The molecular weight excluding hydrogens is 298 g/mol. The smallest absolute Gasteiger partial charge is 0.224 e. The third-order valence-electron chi connectivity index (χ3n) is 4.20. The van der Waals surface area contributed by atoms with Gasteiger partial charge in [-0.25, -0.2) is 4.98 Å². The lowest BCUT2D eigenvalue weighted by Crippen LogP contribution is -2.17. The third-order valence-corrected chi connectivity index (χ3v) is 4.20. The van der Waals surface area contributed by atoms with Gasteiger partial charge in [0, 0.05) is 44.1 Å². The van der Waals surface area contributed by atoms with Gasteiger partial charge in [0.2, 0.25) is 5.95 Å². The maximum absolute atomic E-state index is 4.65. The Hall–Kier alpha value is -2.95. The van der Waals surface area contributed by atoms with Crippen molar-refractivity contribution in [2.24, 2.45) is 0 Å². The highest BCUT2D eigenvalue weighted by Crippen LogP contribution is 2.26. The van der Waals surface area contributed by atoms with Gasteiger partial charge in [-0.1, -0.05) is 30.3 Å². The molecule has 1 aromatic carbocycles. The van der Waals surface area contributed by atoms with Crippen molar-refractivity contribution in [3.8, 4) is 0 Å². The Bertz CT molecular complexity index is 794. The van der Waals surface area contributed by atoms with Crippen LogP contribution in [0.3, 0.4) is 0 Å². The molecule has 5 heteroatoms. The third kappa shape index (κ3) is 3.20. The second-order valence-corrected chi connectivity index (χ2v) is 5.86. The number of nitrogens with one attached hydrogen (secondary N) is 1. The summed E-state index contributed by atoms with van der Waals surface area (Å²) in [7, 11) is 0. The van der Waals surface area contributed by atoms with Crippen LogP contribution in [0, 0.1) is 0 Å². The lowest BCUT2D eigenvalue weighted by atomic mass is 10.1. The number of anilines is 2. The molecule has 5 nitrogen and oxygen atoms in total. The summed E-state index contributed by atoms with van der Waals surface area (Å²) in [6.45, 7) is 2.57. The molecule has 0 atom stereocenters. The van der Waals surface area contributed by atoms with E-state index in [-0.39, 0.29) is 0 Å². The summed E-state index contributed by atoms with van der Waals surface area (Å²) in [5.74, 6) is 1.63. The van der Waals surface area contributed by atoms with Crippen LogP contribution in [0.5, 0.6) is 0 Å². The molecule has 0 aliphatic carbocycles. The molecule has 0 saturated heterocycles. The van der Waals surface area contributed by atoms with Gasteiger partial charge in [0.15, 0.2) is 0 Å². The molecule has 3 aromatic rings. The predicted octanol–water partition coefficient (Wildman–Crippen LogP) is 3.05. The van der Waals surface area contributed by atoms with E-state index in [2.05, 4.69) is 49.4 Å². The Labute approximate surface area is 141 Å². The van der Waals surface area contributed by atoms with Crippen LogP contribution in [0.25, 0.3) is 0 Å². The molecular formula is C19H19N5. The highest BCUT2D eigenvalue weighted by molar-refractivity contribution is 5.48.